The predicted octanol–water partition coefficient (Wildman–Crippen LogP) is 1.23. The van der Waals surface area contributed by atoms with Crippen LogP contribution in [0.3, 0.4) is 0 Å². The van der Waals surface area contributed by atoms with Gasteiger partial charge in [-0.1, -0.05) is 6.92 Å². The molecule has 0 radical (unpaired) electrons. The molecule has 0 saturated carbocycles. The molecular weight excluding hydrogens is 184 g/mol. The summed E-state index contributed by atoms with van der Waals surface area (Å²) in [6, 6.07) is 0.182. The SMILES string of the molecule is CCCN1CC(=O)N(C(C)C)C1=S. The average Bonchev–Trinajstić information content (AvgIpc) is 2.28. The highest BCUT2D eigenvalue weighted by Crippen LogP contribution is 2.14. The van der Waals surface area contributed by atoms with Crippen LogP contribution in [0.1, 0.15) is 27.2 Å². The van der Waals surface area contributed by atoms with Crippen molar-refractivity contribution in [1.29, 1.82) is 0 Å². The molecule has 0 aromatic carbocycles. The van der Waals surface area contributed by atoms with Crippen molar-refractivity contribution >= 4 is 23.2 Å². The first kappa shape index (κ1) is 10.4. The molecule has 4 heteroatoms. The van der Waals surface area contributed by atoms with Crippen LogP contribution in [-0.2, 0) is 4.79 Å². The molecule has 1 aliphatic heterocycles. The van der Waals surface area contributed by atoms with Crippen LogP contribution in [0.2, 0.25) is 0 Å². The monoisotopic (exact) mass is 200 g/mol. The Morgan fingerprint density at radius 3 is 2.54 bits per heavy atom. The van der Waals surface area contributed by atoms with E-state index in [0.717, 1.165) is 13.0 Å². The van der Waals surface area contributed by atoms with Crippen LogP contribution in [0.25, 0.3) is 0 Å². The smallest absolute Gasteiger partial charge is 0.248 e. The fraction of sp³-hybridized carbons (Fsp3) is 0.778. The Balaban J connectivity index is 2.70. The molecule has 1 fully saturated rings. The second-order valence-electron chi connectivity index (χ2n) is 3.56. The van der Waals surface area contributed by atoms with Crippen LogP contribution in [0.5, 0.6) is 0 Å². The Hall–Kier alpha value is -0.640. The zero-order chi connectivity index (χ0) is 10.0. The van der Waals surface area contributed by atoms with Gasteiger partial charge >= 0.3 is 0 Å². The van der Waals surface area contributed by atoms with E-state index >= 15 is 0 Å². The van der Waals surface area contributed by atoms with Gasteiger partial charge in [0.2, 0.25) is 5.91 Å². The van der Waals surface area contributed by atoms with Crippen molar-refractivity contribution < 1.29 is 4.79 Å². The Bertz CT molecular complexity index is 228. The number of thiocarbonyl (C=S) groups is 1. The van der Waals surface area contributed by atoms with E-state index in [-0.39, 0.29) is 11.9 Å². The quantitative estimate of drug-likeness (QED) is 0.640. The summed E-state index contributed by atoms with van der Waals surface area (Å²) in [5.41, 5.74) is 0. The van der Waals surface area contributed by atoms with Crippen LogP contribution in [-0.4, -0.2) is 40.0 Å². The Kier molecular flexibility index (Phi) is 3.25. The average molecular weight is 200 g/mol. The van der Waals surface area contributed by atoms with E-state index in [1.807, 2.05) is 18.7 Å². The van der Waals surface area contributed by atoms with Crippen molar-refractivity contribution in [3.63, 3.8) is 0 Å². The molecule has 0 aliphatic carbocycles. The molecule has 1 rings (SSSR count). The van der Waals surface area contributed by atoms with Crippen molar-refractivity contribution in [1.82, 2.24) is 9.80 Å². The summed E-state index contributed by atoms with van der Waals surface area (Å²) in [6.07, 6.45) is 1.03. The molecule has 0 spiro atoms. The molecule has 1 heterocycles. The third-order valence-electron chi connectivity index (χ3n) is 2.08. The van der Waals surface area contributed by atoms with Crippen LogP contribution in [0, 0.1) is 0 Å². The van der Waals surface area contributed by atoms with E-state index in [2.05, 4.69) is 6.92 Å². The van der Waals surface area contributed by atoms with Gasteiger partial charge in [-0.25, -0.2) is 0 Å². The minimum atomic E-state index is 0.133. The number of hydrogen-bond acceptors (Lipinski definition) is 2. The second kappa shape index (κ2) is 4.05. The molecule has 1 aliphatic rings. The fourth-order valence-electron chi connectivity index (χ4n) is 1.52. The number of carbonyl (C=O) groups excluding carboxylic acids is 1. The maximum absolute atomic E-state index is 11.5. The molecule has 0 N–H and O–H groups in total. The molecule has 1 saturated heterocycles. The first-order chi connectivity index (χ1) is 6.07. The van der Waals surface area contributed by atoms with Gasteiger partial charge in [-0.15, -0.1) is 0 Å². The maximum atomic E-state index is 11.5. The lowest BCUT2D eigenvalue weighted by molar-refractivity contribution is -0.126. The minimum absolute atomic E-state index is 0.133. The molecule has 0 aromatic heterocycles. The van der Waals surface area contributed by atoms with Gasteiger partial charge in [0.05, 0.1) is 6.54 Å². The normalized spacial score (nSPS) is 17.8. The first-order valence-electron chi connectivity index (χ1n) is 4.69. The molecule has 74 valence electrons. The molecule has 0 unspecified atom stereocenters. The third kappa shape index (κ3) is 1.99. The lowest BCUT2D eigenvalue weighted by Crippen LogP contribution is -2.38. The second-order valence-corrected chi connectivity index (χ2v) is 3.93. The lowest BCUT2D eigenvalue weighted by atomic mass is 10.3. The Labute approximate surface area is 84.7 Å². The van der Waals surface area contributed by atoms with Gasteiger partial charge in [0.15, 0.2) is 5.11 Å². The molecular formula is C9H16N2OS. The van der Waals surface area contributed by atoms with E-state index in [0.29, 0.717) is 11.7 Å². The summed E-state index contributed by atoms with van der Waals surface area (Å²) >= 11 is 5.21. The van der Waals surface area contributed by atoms with Crippen molar-refractivity contribution in [3.05, 3.63) is 0 Å². The Morgan fingerprint density at radius 1 is 1.54 bits per heavy atom. The molecule has 3 nitrogen and oxygen atoms in total. The zero-order valence-corrected chi connectivity index (χ0v) is 9.23. The number of carbonyl (C=O) groups is 1. The summed E-state index contributed by atoms with van der Waals surface area (Å²) in [4.78, 5) is 15.2. The van der Waals surface area contributed by atoms with Crippen molar-refractivity contribution in [2.24, 2.45) is 0 Å². The van der Waals surface area contributed by atoms with Gasteiger partial charge in [0.25, 0.3) is 0 Å². The zero-order valence-electron chi connectivity index (χ0n) is 8.41. The number of hydrogen-bond donors (Lipinski definition) is 0. The maximum Gasteiger partial charge on any atom is 0.248 e. The van der Waals surface area contributed by atoms with Gasteiger partial charge in [-0.3, -0.25) is 9.69 Å². The number of amides is 1. The Morgan fingerprint density at radius 2 is 2.15 bits per heavy atom. The van der Waals surface area contributed by atoms with Gasteiger partial charge in [0, 0.05) is 12.6 Å². The minimum Gasteiger partial charge on any atom is -0.339 e. The first-order valence-corrected chi connectivity index (χ1v) is 5.09. The van der Waals surface area contributed by atoms with Gasteiger partial charge in [0.1, 0.15) is 0 Å². The van der Waals surface area contributed by atoms with E-state index < -0.39 is 0 Å². The van der Waals surface area contributed by atoms with Crippen molar-refractivity contribution in [3.8, 4) is 0 Å². The third-order valence-corrected chi connectivity index (χ3v) is 2.54. The van der Waals surface area contributed by atoms with Crippen LogP contribution in [0.4, 0.5) is 0 Å². The molecule has 1 amide bonds. The van der Waals surface area contributed by atoms with Crippen LogP contribution >= 0.6 is 12.2 Å². The fourth-order valence-corrected chi connectivity index (χ4v) is 1.99. The highest BCUT2D eigenvalue weighted by Gasteiger charge is 2.33. The summed E-state index contributed by atoms with van der Waals surface area (Å²) in [5, 5.41) is 0.696. The summed E-state index contributed by atoms with van der Waals surface area (Å²) < 4.78 is 0. The van der Waals surface area contributed by atoms with Gasteiger partial charge in [-0.05, 0) is 32.5 Å². The summed E-state index contributed by atoms with van der Waals surface area (Å²) in [6.45, 7) is 7.41. The molecule has 0 atom stereocenters. The highest BCUT2D eigenvalue weighted by molar-refractivity contribution is 7.80. The molecule has 13 heavy (non-hydrogen) atoms. The van der Waals surface area contributed by atoms with Gasteiger partial charge < -0.3 is 4.90 Å². The summed E-state index contributed by atoms with van der Waals surface area (Å²) in [5.74, 6) is 0.133. The van der Waals surface area contributed by atoms with Crippen LogP contribution in [0.15, 0.2) is 0 Å². The molecule has 0 bridgehead atoms. The largest absolute Gasteiger partial charge is 0.339 e. The molecule has 0 aromatic rings. The lowest BCUT2D eigenvalue weighted by Gasteiger charge is -2.22. The van der Waals surface area contributed by atoms with Crippen molar-refractivity contribution in [2.75, 3.05) is 13.1 Å². The summed E-state index contributed by atoms with van der Waals surface area (Å²) in [7, 11) is 0. The predicted molar refractivity (Wildman–Crippen MR) is 56.4 cm³/mol. The topological polar surface area (TPSA) is 23.6 Å². The van der Waals surface area contributed by atoms with E-state index in [9.17, 15) is 4.79 Å². The van der Waals surface area contributed by atoms with Crippen LogP contribution < -0.4 is 0 Å². The van der Waals surface area contributed by atoms with E-state index in [4.69, 9.17) is 12.2 Å². The van der Waals surface area contributed by atoms with Crippen molar-refractivity contribution in [2.45, 2.75) is 33.2 Å². The van der Waals surface area contributed by atoms with E-state index in [1.165, 1.54) is 0 Å². The van der Waals surface area contributed by atoms with E-state index in [1.54, 1.807) is 4.90 Å². The number of rotatable bonds is 3. The highest BCUT2D eigenvalue weighted by atomic mass is 32.1. The van der Waals surface area contributed by atoms with Gasteiger partial charge in [-0.2, -0.15) is 0 Å². The number of nitrogens with zero attached hydrogens (tertiary/aromatic N) is 2. The standard InChI is InChI=1S/C9H16N2OS/c1-4-5-10-6-8(12)11(7(2)3)9(10)13/h7H,4-6H2,1-3H3.